The van der Waals surface area contributed by atoms with Crippen molar-refractivity contribution in [1.82, 2.24) is 4.57 Å². The van der Waals surface area contributed by atoms with Gasteiger partial charge in [-0.25, -0.2) is 9.79 Å². The van der Waals surface area contributed by atoms with Crippen molar-refractivity contribution in [3.63, 3.8) is 0 Å². The summed E-state index contributed by atoms with van der Waals surface area (Å²) in [6.07, 6.45) is 1.82. The zero-order valence-corrected chi connectivity index (χ0v) is 30.3. The van der Waals surface area contributed by atoms with Crippen molar-refractivity contribution in [1.29, 1.82) is 0 Å². The quantitative estimate of drug-likeness (QED) is 0.141. The largest absolute Gasteiger partial charge is 0.488 e. The number of hydrogen-bond donors (Lipinski definition) is 0. The number of rotatable bonds is 9. The van der Waals surface area contributed by atoms with Crippen LogP contribution in [0, 0.1) is 0 Å². The highest BCUT2D eigenvalue weighted by Crippen LogP contribution is 2.36. The molecule has 2 heterocycles. The van der Waals surface area contributed by atoms with Gasteiger partial charge in [-0.15, -0.1) is 0 Å². The topological polar surface area (TPSA) is 69.9 Å². The van der Waals surface area contributed by atoms with Gasteiger partial charge in [0.15, 0.2) is 4.80 Å². The van der Waals surface area contributed by atoms with E-state index in [9.17, 15) is 9.59 Å². The Hall–Kier alpha value is -3.95. The third-order valence-corrected chi connectivity index (χ3v) is 10.1. The molecule has 0 saturated heterocycles. The van der Waals surface area contributed by atoms with E-state index in [1.165, 1.54) is 11.3 Å². The van der Waals surface area contributed by atoms with Crippen LogP contribution < -0.4 is 19.6 Å². The van der Waals surface area contributed by atoms with E-state index in [2.05, 4.69) is 29.8 Å². The molecule has 10 heteroatoms. The molecule has 6 nitrogen and oxygen atoms in total. The predicted molar refractivity (Wildman–Crippen MR) is 197 cm³/mol. The lowest BCUT2D eigenvalue weighted by atomic mass is 9.91. The number of fused-ring (bicyclic) bond motifs is 1. The molecule has 5 aromatic rings. The SMILES string of the molecule is CCOC(=O)C1=C(c2ccccc2)N=c2s/c(=C\c3ccc(OCc4ccc(Cl)cc4Cl)c(Br)c3)c(=O)n2[C@@H]1c1ccc(C(C)C)cc1. The van der Waals surface area contributed by atoms with Gasteiger partial charge >= 0.3 is 5.97 Å². The van der Waals surface area contributed by atoms with Crippen LogP contribution in [0.15, 0.2) is 111 Å². The van der Waals surface area contributed by atoms with Crippen molar-refractivity contribution in [3.05, 3.63) is 159 Å². The first-order valence-corrected chi connectivity index (χ1v) is 17.8. The minimum Gasteiger partial charge on any atom is -0.488 e. The first kappa shape index (κ1) is 33.9. The van der Waals surface area contributed by atoms with Crippen LogP contribution in [-0.4, -0.2) is 17.1 Å². The summed E-state index contributed by atoms with van der Waals surface area (Å²) in [4.78, 5) is 33.4. The lowest BCUT2D eigenvalue weighted by Crippen LogP contribution is -2.40. The molecule has 1 aromatic heterocycles. The maximum atomic E-state index is 14.3. The zero-order valence-electron chi connectivity index (χ0n) is 26.4. The van der Waals surface area contributed by atoms with Gasteiger partial charge in [-0.2, -0.15) is 0 Å². The fourth-order valence-electron chi connectivity index (χ4n) is 5.49. The van der Waals surface area contributed by atoms with Crippen LogP contribution in [0.5, 0.6) is 5.75 Å². The van der Waals surface area contributed by atoms with Crippen LogP contribution in [0.3, 0.4) is 0 Å². The summed E-state index contributed by atoms with van der Waals surface area (Å²) in [5.74, 6) is 0.440. The van der Waals surface area contributed by atoms with Crippen LogP contribution in [0.25, 0.3) is 11.8 Å². The highest BCUT2D eigenvalue weighted by Gasteiger charge is 2.35. The van der Waals surface area contributed by atoms with E-state index in [1.807, 2.05) is 84.9 Å². The maximum absolute atomic E-state index is 14.3. The normalized spacial score (nSPS) is 14.6. The van der Waals surface area contributed by atoms with Crippen LogP contribution in [-0.2, 0) is 16.1 Å². The third kappa shape index (κ3) is 7.08. The van der Waals surface area contributed by atoms with Gasteiger partial charge in [0, 0.05) is 21.2 Å². The fraction of sp³-hybridized carbons (Fsp3) is 0.184. The first-order chi connectivity index (χ1) is 23.1. The summed E-state index contributed by atoms with van der Waals surface area (Å²) >= 11 is 17.2. The number of benzene rings is 4. The predicted octanol–water partition coefficient (Wildman–Crippen LogP) is 8.71. The van der Waals surface area contributed by atoms with Gasteiger partial charge in [0.1, 0.15) is 12.4 Å². The molecule has 244 valence electrons. The molecule has 48 heavy (non-hydrogen) atoms. The number of carbonyl (C=O) groups excluding carboxylic acids is 1. The van der Waals surface area contributed by atoms with Gasteiger partial charge < -0.3 is 9.47 Å². The number of esters is 1. The lowest BCUT2D eigenvalue weighted by molar-refractivity contribution is -0.138. The van der Waals surface area contributed by atoms with E-state index in [-0.39, 0.29) is 18.8 Å². The van der Waals surface area contributed by atoms with Crippen molar-refractivity contribution in [2.45, 2.75) is 39.3 Å². The van der Waals surface area contributed by atoms with Crippen molar-refractivity contribution in [3.8, 4) is 5.75 Å². The number of ether oxygens (including phenoxy) is 2. The van der Waals surface area contributed by atoms with E-state index in [4.69, 9.17) is 37.7 Å². The summed E-state index contributed by atoms with van der Waals surface area (Å²) in [6, 6.07) is 27.7. The number of halogens is 3. The Balaban J connectivity index is 1.45. The highest BCUT2D eigenvalue weighted by atomic mass is 79.9. The second-order valence-electron chi connectivity index (χ2n) is 11.5. The Morgan fingerprint density at radius 3 is 2.44 bits per heavy atom. The summed E-state index contributed by atoms with van der Waals surface area (Å²) in [7, 11) is 0. The van der Waals surface area contributed by atoms with Crippen LogP contribution >= 0.6 is 50.5 Å². The van der Waals surface area contributed by atoms with Gasteiger partial charge in [-0.05, 0) is 75.8 Å². The molecule has 0 fully saturated rings. The highest BCUT2D eigenvalue weighted by molar-refractivity contribution is 9.10. The van der Waals surface area contributed by atoms with E-state index < -0.39 is 12.0 Å². The van der Waals surface area contributed by atoms with Crippen molar-refractivity contribution >= 4 is 68.2 Å². The lowest BCUT2D eigenvalue weighted by Gasteiger charge is -2.26. The monoisotopic (exact) mass is 760 g/mol. The standard InChI is InChI=1S/C38H31BrCl2N2O4S/c1-4-46-37(45)33-34(25-8-6-5-7-9-25)42-38-43(35(33)26-13-11-24(12-14-26)22(2)3)36(44)32(48-38)19-23-10-17-31(29(39)18-23)47-21-27-15-16-28(40)20-30(27)41/h5-20,22,35H,4,21H2,1-3H3/b32-19-/t35-/m1/s1. The van der Waals surface area contributed by atoms with Crippen LogP contribution in [0.1, 0.15) is 60.5 Å². The Morgan fingerprint density at radius 2 is 1.77 bits per heavy atom. The first-order valence-electron chi connectivity index (χ1n) is 15.4. The van der Waals surface area contributed by atoms with Gasteiger partial charge in [0.2, 0.25) is 0 Å². The summed E-state index contributed by atoms with van der Waals surface area (Å²) in [5.41, 5.74) is 4.88. The average Bonchev–Trinajstić information content (AvgIpc) is 3.38. The average molecular weight is 763 g/mol. The minimum absolute atomic E-state index is 0.190. The Kier molecular flexibility index (Phi) is 10.4. The molecule has 0 radical (unpaired) electrons. The minimum atomic E-state index is -0.735. The molecule has 1 aliphatic rings. The van der Waals surface area contributed by atoms with Gasteiger partial charge in [0.05, 0.1) is 32.9 Å². The smallest absolute Gasteiger partial charge is 0.338 e. The van der Waals surface area contributed by atoms with Crippen LogP contribution in [0.2, 0.25) is 10.0 Å². The summed E-state index contributed by atoms with van der Waals surface area (Å²) in [6.45, 7) is 6.47. The van der Waals surface area contributed by atoms with Gasteiger partial charge in [-0.1, -0.05) is 115 Å². The number of nitrogens with zero attached hydrogens (tertiary/aromatic N) is 2. The maximum Gasteiger partial charge on any atom is 0.338 e. The molecular weight excluding hydrogens is 731 g/mol. The van der Waals surface area contributed by atoms with E-state index >= 15 is 0 Å². The number of hydrogen-bond acceptors (Lipinski definition) is 6. The van der Waals surface area contributed by atoms with E-state index in [0.29, 0.717) is 46.8 Å². The Bertz CT molecular complexity index is 2210. The third-order valence-electron chi connectivity index (χ3n) is 7.94. The van der Waals surface area contributed by atoms with Crippen molar-refractivity contribution in [2.24, 2.45) is 4.99 Å². The van der Waals surface area contributed by atoms with Gasteiger partial charge in [0.25, 0.3) is 5.56 Å². The molecule has 4 aromatic carbocycles. The number of aromatic nitrogens is 1. The molecule has 1 atom stereocenters. The van der Waals surface area contributed by atoms with Crippen LogP contribution in [0.4, 0.5) is 0 Å². The molecule has 0 saturated carbocycles. The molecule has 0 bridgehead atoms. The van der Waals surface area contributed by atoms with E-state index in [0.717, 1.165) is 27.8 Å². The second-order valence-corrected chi connectivity index (χ2v) is 14.2. The van der Waals surface area contributed by atoms with E-state index in [1.54, 1.807) is 23.6 Å². The molecule has 1 aliphatic heterocycles. The fourth-order valence-corrected chi connectivity index (χ4v) is 7.46. The number of thiazole rings is 1. The number of carbonyl (C=O) groups is 1. The second kappa shape index (κ2) is 14.7. The Morgan fingerprint density at radius 1 is 1.02 bits per heavy atom. The zero-order chi connectivity index (χ0) is 33.9. The molecular formula is C38H31BrCl2N2O4S. The Labute approximate surface area is 300 Å². The molecule has 0 spiro atoms. The van der Waals surface area contributed by atoms with Crippen molar-refractivity contribution < 1.29 is 14.3 Å². The molecule has 0 unspecified atom stereocenters. The summed E-state index contributed by atoms with van der Waals surface area (Å²) < 4.78 is 14.4. The molecule has 6 rings (SSSR count). The molecule has 0 amide bonds. The molecule has 0 N–H and O–H groups in total. The summed E-state index contributed by atoms with van der Waals surface area (Å²) in [5, 5.41) is 1.09. The van der Waals surface area contributed by atoms with Gasteiger partial charge in [-0.3, -0.25) is 9.36 Å². The molecule has 0 aliphatic carbocycles. The van der Waals surface area contributed by atoms with Crippen molar-refractivity contribution in [2.75, 3.05) is 6.61 Å².